The van der Waals surface area contributed by atoms with E-state index in [9.17, 15) is 19.5 Å². The summed E-state index contributed by atoms with van der Waals surface area (Å²) < 4.78 is 0. The van der Waals surface area contributed by atoms with E-state index in [1.165, 1.54) is 4.90 Å². The van der Waals surface area contributed by atoms with Gasteiger partial charge in [0.15, 0.2) is 0 Å². The molecule has 136 valence electrons. The van der Waals surface area contributed by atoms with Crippen molar-refractivity contribution < 1.29 is 19.5 Å². The van der Waals surface area contributed by atoms with Crippen LogP contribution in [0.5, 0.6) is 0 Å². The van der Waals surface area contributed by atoms with Crippen LogP contribution in [-0.2, 0) is 16.1 Å². The molecule has 2 N–H and O–H groups in total. The van der Waals surface area contributed by atoms with Crippen LogP contribution < -0.4 is 5.32 Å². The smallest absolute Gasteiger partial charge is 0.251 e. The number of aliphatic hydroxyl groups is 1. The van der Waals surface area contributed by atoms with Crippen molar-refractivity contribution in [1.29, 1.82) is 0 Å². The van der Waals surface area contributed by atoms with Gasteiger partial charge in [0, 0.05) is 24.9 Å². The summed E-state index contributed by atoms with van der Waals surface area (Å²) in [4.78, 5) is 36.8. The second-order valence-corrected chi connectivity index (χ2v) is 6.92. The molecule has 1 aromatic rings. The molecular weight excluding hydrogens is 320 g/mol. The molecule has 1 aromatic carbocycles. The van der Waals surface area contributed by atoms with Crippen molar-refractivity contribution in [2.45, 2.75) is 52.2 Å². The highest BCUT2D eigenvalue weighted by Crippen LogP contribution is 2.19. The number of hydrogen-bond donors (Lipinski definition) is 2. The highest BCUT2D eigenvalue weighted by Gasteiger charge is 2.29. The average Bonchev–Trinajstić information content (AvgIpc) is 2.91. The van der Waals surface area contributed by atoms with E-state index in [4.69, 9.17) is 0 Å². The van der Waals surface area contributed by atoms with Gasteiger partial charge in [0.25, 0.3) is 5.91 Å². The molecule has 2 rings (SSSR count). The van der Waals surface area contributed by atoms with Crippen LogP contribution in [0.3, 0.4) is 0 Å². The minimum atomic E-state index is -0.958. The van der Waals surface area contributed by atoms with E-state index in [0.717, 1.165) is 12.0 Å². The first-order valence-electron chi connectivity index (χ1n) is 8.67. The van der Waals surface area contributed by atoms with Crippen LogP contribution in [0.15, 0.2) is 24.3 Å². The normalized spacial score (nSPS) is 18.2. The van der Waals surface area contributed by atoms with Crippen molar-refractivity contribution in [3.05, 3.63) is 35.4 Å². The third-order valence-corrected chi connectivity index (χ3v) is 4.99. The largest absolute Gasteiger partial charge is 0.388 e. The van der Waals surface area contributed by atoms with Gasteiger partial charge in [-0.2, -0.15) is 0 Å². The Labute approximate surface area is 148 Å². The number of imide groups is 1. The lowest BCUT2D eigenvalue weighted by Crippen LogP contribution is -2.45. The molecule has 1 saturated heterocycles. The Morgan fingerprint density at radius 2 is 1.80 bits per heavy atom. The van der Waals surface area contributed by atoms with E-state index in [1.54, 1.807) is 31.2 Å². The standard InChI is InChI=1S/C19H26N2O4/c1-4-13(2)19(3,25)12-20-18(24)15-7-5-14(6-8-15)11-21-16(22)9-10-17(21)23/h5-8,13,25H,4,9-12H2,1-3H3,(H,20,24)/t13-,19+/m0/s1. The predicted octanol–water partition coefficient (Wildman–Crippen LogP) is 1.86. The van der Waals surface area contributed by atoms with Gasteiger partial charge in [-0.1, -0.05) is 32.4 Å². The van der Waals surface area contributed by atoms with Crippen LogP contribution in [0.4, 0.5) is 0 Å². The second kappa shape index (κ2) is 7.78. The lowest BCUT2D eigenvalue weighted by atomic mass is 9.88. The number of rotatable bonds is 7. The van der Waals surface area contributed by atoms with Gasteiger partial charge in [-0.3, -0.25) is 19.3 Å². The fourth-order valence-electron chi connectivity index (χ4n) is 2.72. The lowest BCUT2D eigenvalue weighted by molar-refractivity contribution is -0.139. The summed E-state index contributed by atoms with van der Waals surface area (Å²) in [6.45, 7) is 6.08. The van der Waals surface area contributed by atoms with Crippen molar-refractivity contribution in [2.24, 2.45) is 5.92 Å². The van der Waals surface area contributed by atoms with Crippen LogP contribution in [0.25, 0.3) is 0 Å². The van der Waals surface area contributed by atoms with Crippen molar-refractivity contribution in [3.8, 4) is 0 Å². The fraction of sp³-hybridized carbons (Fsp3) is 0.526. The van der Waals surface area contributed by atoms with Gasteiger partial charge in [0.1, 0.15) is 0 Å². The van der Waals surface area contributed by atoms with Gasteiger partial charge in [0.2, 0.25) is 11.8 Å². The number of likely N-dealkylation sites (tertiary alicyclic amines) is 1. The summed E-state index contributed by atoms with van der Waals surface area (Å²) in [7, 11) is 0. The molecule has 0 spiro atoms. The molecule has 1 aliphatic rings. The Bertz CT molecular complexity index is 636. The maximum atomic E-state index is 12.2. The molecule has 0 aliphatic carbocycles. The van der Waals surface area contributed by atoms with E-state index in [0.29, 0.717) is 5.56 Å². The number of carbonyl (C=O) groups is 3. The number of amides is 3. The van der Waals surface area contributed by atoms with Gasteiger partial charge >= 0.3 is 0 Å². The molecule has 1 aliphatic heterocycles. The zero-order valence-electron chi connectivity index (χ0n) is 15.0. The van der Waals surface area contributed by atoms with Crippen LogP contribution in [0.1, 0.15) is 56.0 Å². The Hall–Kier alpha value is -2.21. The molecule has 25 heavy (non-hydrogen) atoms. The summed E-state index contributed by atoms with van der Waals surface area (Å²) in [6.07, 6.45) is 1.37. The first-order chi connectivity index (χ1) is 11.7. The Morgan fingerprint density at radius 3 is 2.32 bits per heavy atom. The molecule has 0 radical (unpaired) electrons. The lowest BCUT2D eigenvalue weighted by Gasteiger charge is -2.29. The molecule has 0 bridgehead atoms. The summed E-state index contributed by atoms with van der Waals surface area (Å²) in [5.74, 6) is -0.493. The summed E-state index contributed by atoms with van der Waals surface area (Å²) in [5, 5.41) is 13.1. The number of nitrogens with one attached hydrogen (secondary N) is 1. The topological polar surface area (TPSA) is 86.7 Å². The second-order valence-electron chi connectivity index (χ2n) is 6.92. The van der Waals surface area contributed by atoms with E-state index in [2.05, 4.69) is 5.32 Å². The predicted molar refractivity (Wildman–Crippen MR) is 93.6 cm³/mol. The van der Waals surface area contributed by atoms with Crippen LogP contribution >= 0.6 is 0 Å². The van der Waals surface area contributed by atoms with Gasteiger partial charge in [0.05, 0.1) is 12.1 Å². The third kappa shape index (κ3) is 4.66. The average molecular weight is 346 g/mol. The monoisotopic (exact) mass is 346 g/mol. The van der Waals surface area contributed by atoms with E-state index in [-0.39, 0.29) is 49.6 Å². The first kappa shape index (κ1) is 19.1. The molecule has 3 amide bonds. The Balaban J connectivity index is 1.94. The van der Waals surface area contributed by atoms with Crippen LogP contribution in [0, 0.1) is 5.92 Å². The fourth-order valence-corrected chi connectivity index (χ4v) is 2.72. The quantitative estimate of drug-likeness (QED) is 0.738. The van der Waals surface area contributed by atoms with Crippen molar-refractivity contribution in [3.63, 3.8) is 0 Å². The molecule has 2 atom stereocenters. The molecule has 0 unspecified atom stereocenters. The van der Waals surface area contributed by atoms with Gasteiger partial charge in [-0.25, -0.2) is 0 Å². The van der Waals surface area contributed by atoms with Gasteiger partial charge in [-0.05, 0) is 30.5 Å². The number of nitrogens with zero attached hydrogens (tertiary/aromatic N) is 1. The van der Waals surface area contributed by atoms with E-state index < -0.39 is 5.60 Å². The van der Waals surface area contributed by atoms with Crippen LogP contribution in [-0.4, -0.2) is 39.9 Å². The maximum Gasteiger partial charge on any atom is 0.251 e. The number of hydrogen-bond acceptors (Lipinski definition) is 4. The molecule has 6 heteroatoms. The van der Waals surface area contributed by atoms with Gasteiger partial charge in [-0.15, -0.1) is 0 Å². The molecule has 1 heterocycles. The minimum Gasteiger partial charge on any atom is -0.388 e. The molecule has 6 nitrogen and oxygen atoms in total. The third-order valence-electron chi connectivity index (χ3n) is 4.99. The van der Waals surface area contributed by atoms with Crippen molar-refractivity contribution in [1.82, 2.24) is 10.2 Å². The maximum absolute atomic E-state index is 12.2. The highest BCUT2D eigenvalue weighted by atomic mass is 16.3. The van der Waals surface area contributed by atoms with Crippen LogP contribution in [0.2, 0.25) is 0 Å². The molecule has 0 saturated carbocycles. The van der Waals surface area contributed by atoms with Crippen molar-refractivity contribution >= 4 is 17.7 Å². The number of benzene rings is 1. The first-order valence-corrected chi connectivity index (χ1v) is 8.67. The van der Waals surface area contributed by atoms with Gasteiger partial charge < -0.3 is 10.4 Å². The zero-order valence-corrected chi connectivity index (χ0v) is 15.0. The summed E-state index contributed by atoms with van der Waals surface area (Å²) in [5.41, 5.74) is 0.315. The summed E-state index contributed by atoms with van der Waals surface area (Å²) in [6, 6.07) is 6.79. The molecule has 0 aromatic heterocycles. The van der Waals surface area contributed by atoms with Crippen molar-refractivity contribution in [2.75, 3.05) is 6.54 Å². The SMILES string of the molecule is CC[C@H](C)[C@](C)(O)CNC(=O)c1ccc(CN2C(=O)CCC2=O)cc1. The van der Waals surface area contributed by atoms with E-state index >= 15 is 0 Å². The molecule has 1 fully saturated rings. The number of carbonyl (C=O) groups excluding carboxylic acids is 3. The summed E-state index contributed by atoms with van der Waals surface area (Å²) >= 11 is 0. The molecular formula is C19H26N2O4. The zero-order chi connectivity index (χ0) is 18.6. The highest BCUT2D eigenvalue weighted by molar-refractivity contribution is 6.01. The Morgan fingerprint density at radius 1 is 1.24 bits per heavy atom. The van der Waals surface area contributed by atoms with E-state index in [1.807, 2.05) is 13.8 Å². The Kier molecular flexibility index (Phi) is 5.95. The minimum absolute atomic E-state index is 0.0747.